The zero-order chi connectivity index (χ0) is 9.35. The third-order valence-corrected chi connectivity index (χ3v) is 2.35. The van der Waals surface area contributed by atoms with Crippen molar-refractivity contribution in [3.05, 3.63) is 0 Å². The molecule has 1 unspecified atom stereocenters. The monoisotopic (exact) mass is 176 g/mol. The Hall–Kier alpha value is -0.490. The minimum atomic E-state index is -1.73. The number of aliphatic hydroxyl groups is 4. The Bertz CT molecular complexity index is 183. The van der Waals surface area contributed by atoms with Crippen molar-refractivity contribution in [1.82, 2.24) is 0 Å². The number of carbonyl (C=O) groups is 1. The number of hydrogen-bond acceptors (Lipinski definition) is 5. The topological polar surface area (TPSA) is 98.0 Å². The predicted octanol–water partition coefficient (Wildman–Crippen LogP) is -2.35. The smallest absolute Gasteiger partial charge is 0.125 e. The molecule has 4 N–H and O–H groups in total. The van der Waals surface area contributed by atoms with Crippen LogP contribution in [0.25, 0.3) is 0 Å². The van der Waals surface area contributed by atoms with Crippen LogP contribution < -0.4 is 0 Å². The van der Waals surface area contributed by atoms with Crippen LogP contribution in [-0.4, -0.2) is 51.1 Å². The van der Waals surface area contributed by atoms with Gasteiger partial charge in [0.25, 0.3) is 0 Å². The molecule has 0 aliphatic heterocycles. The van der Waals surface area contributed by atoms with Gasteiger partial charge in [0.15, 0.2) is 0 Å². The molecular formula is C7H12O5. The van der Waals surface area contributed by atoms with Gasteiger partial charge in [0.05, 0.1) is 12.7 Å². The lowest BCUT2D eigenvalue weighted by molar-refractivity contribution is -0.116. The summed E-state index contributed by atoms with van der Waals surface area (Å²) in [4.78, 5) is 10.3. The quantitative estimate of drug-likeness (QED) is 0.353. The molecule has 0 spiro atoms. The lowest BCUT2D eigenvalue weighted by Crippen LogP contribution is -2.45. The van der Waals surface area contributed by atoms with Gasteiger partial charge in [-0.3, -0.25) is 0 Å². The molecule has 0 saturated heterocycles. The molecular weight excluding hydrogens is 164 g/mol. The number of aliphatic hydroxyl groups excluding tert-OH is 3. The highest BCUT2D eigenvalue weighted by atomic mass is 16.4. The summed E-state index contributed by atoms with van der Waals surface area (Å²) in [7, 11) is 0. The van der Waals surface area contributed by atoms with Crippen molar-refractivity contribution in [3.63, 3.8) is 0 Å². The van der Waals surface area contributed by atoms with Crippen LogP contribution in [0.5, 0.6) is 0 Å². The van der Waals surface area contributed by atoms with E-state index in [0.717, 1.165) is 0 Å². The van der Waals surface area contributed by atoms with Gasteiger partial charge in [-0.25, -0.2) is 0 Å². The molecule has 5 nitrogen and oxygen atoms in total. The molecule has 70 valence electrons. The second kappa shape index (κ2) is 3.10. The Kier molecular flexibility index (Phi) is 2.48. The van der Waals surface area contributed by atoms with Crippen LogP contribution >= 0.6 is 0 Å². The molecule has 0 radical (unpaired) electrons. The predicted molar refractivity (Wildman–Crippen MR) is 38.2 cm³/mol. The fourth-order valence-electron chi connectivity index (χ4n) is 1.49. The highest BCUT2D eigenvalue weighted by Crippen LogP contribution is 2.33. The fraction of sp³-hybridized carbons (Fsp3) is 0.857. The van der Waals surface area contributed by atoms with Crippen LogP contribution in [0.3, 0.4) is 0 Å². The van der Waals surface area contributed by atoms with Crippen molar-refractivity contribution in [1.29, 1.82) is 0 Å². The molecule has 1 fully saturated rings. The van der Waals surface area contributed by atoms with Gasteiger partial charge in [-0.15, -0.1) is 0 Å². The van der Waals surface area contributed by atoms with E-state index in [-0.39, 0.29) is 6.42 Å². The molecule has 0 bridgehead atoms. The highest BCUT2D eigenvalue weighted by molar-refractivity contribution is 5.56. The molecule has 4 atom stereocenters. The maximum absolute atomic E-state index is 10.3. The van der Waals surface area contributed by atoms with E-state index in [1.807, 2.05) is 0 Å². The minimum absolute atomic E-state index is 0.102. The van der Waals surface area contributed by atoms with Gasteiger partial charge in [-0.2, -0.15) is 0 Å². The molecule has 0 amide bonds. The van der Waals surface area contributed by atoms with E-state index in [0.29, 0.717) is 6.29 Å². The van der Waals surface area contributed by atoms with Crippen LogP contribution in [0.15, 0.2) is 0 Å². The summed E-state index contributed by atoms with van der Waals surface area (Å²) in [6.07, 6.45) is -2.35. The van der Waals surface area contributed by atoms with Crippen molar-refractivity contribution in [2.75, 3.05) is 6.61 Å². The first-order valence-corrected chi connectivity index (χ1v) is 3.70. The first-order chi connectivity index (χ1) is 5.55. The zero-order valence-electron chi connectivity index (χ0n) is 6.42. The number of carbonyl (C=O) groups excluding carboxylic acids is 1. The number of hydrogen-bond donors (Lipinski definition) is 4. The Morgan fingerprint density at radius 2 is 2.08 bits per heavy atom. The van der Waals surface area contributed by atoms with E-state index in [9.17, 15) is 20.1 Å². The maximum Gasteiger partial charge on any atom is 0.125 e. The summed E-state index contributed by atoms with van der Waals surface area (Å²) in [5.74, 6) is -0.794. The first-order valence-electron chi connectivity index (χ1n) is 3.70. The second-order valence-corrected chi connectivity index (χ2v) is 3.20. The molecule has 12 heavy (non-hydrogen) atoms. The van der Waals surface area contributed by atoms with Gasteiger partial charge in [0.2, 0.25) is 0 Å². The van der Waals surface area contributed by atoms with Crippen molar-refractivity contribution in [2.24, 2.45) is 5.92 Å². The molecule has 1 aliphatic rings. The van der Waals surface area contributed by atoms with Crippen LogP contribution in [-0.2, 0) is 4.79 Å². The largest absolute Gasteiger partial charge is 0.393 e. The number of aldehydes is 1. The summed E-state index contributed by atoms with van der Waals surface area (Å²) in [5, 5.41) is 36.5. The first kappa shape index (κ1) is 9.60. The summed E-state index contributed by atoms with van der Waals surface area (Å²) < 4.78 is 0. The summed E-state index contributed by atoms with van der Waals surface area (Å²) in [5.41, 5.74) is -1.73. The average Bonchev–Trinajstić information content (AvgIpc) is 2.31. The van der Waals surface area contributed by atoms with Crippen molar-refractivity contribution >= 4 is 6.29 Å². The van der Waals surface area contributed by atoms with E-state index >= 15 is 0 Å². The molecule has 1 rings (SSSR count). The second-order valence-electron chi connectivity index (χ2n) is 3.20. The van der Waals surface area contributed by atoms with Crippen molar-refractivity contribution in [3.8, 4) is 0 Å². The van der Waals surface area contributed by atoms with Gasteiger partial charge in [0, 0.05) is 5.92 Å². The molecule has 1 saturated carbocycles. The van der Waals surface area contributed by atoms with E-state index < -0.39 is 30.3 Å². The van der Waals surface area contributed by atoms with Crippen LogP contribution in [0, 0.1) is 5.92 Å². The number of rotatable bonds is 2. The molecule has 0 heterocycles. The minimum Gasteiger partial charge on any atom is -0.393 e. The summed E-state index contributed by atoms with van der Waals surface area (Å²) in [6.45, 7) is -0.657. The highest BCUT2D eigenvalue weighted by Gasteiger charge is 2.51. The third-order valence-electron chi connectivity index (χ3n) is 2.35. The van der Waals surface area contributed by atoms with Crippen molar-refractivity contribution < 1.29 is 25.2 Å². The van der Waals surface area contributed by atoms with Gasteiger partial charge < -0.3 is 25.2 Å². The molecule has 5 heteroatoms. The Labute approximate surface area is 69.3 Å². The van der Waals surface area contributed by atoms with E-state index in [4.69, 9.17) is 5.11 Å². The Balaban J connectivity index is 2.79. The molecule has 0 aromatic rings. The Morgan fingerprint density at radius 3 is 2.33 bits per heavy atom. The lowest BCUT2D eigenvalue weighted by Gasteiger charge is -2.24. The molecule has 0 aromatic carbocycles. The van der Waals surface area contributed by atoms with Crippen LogP contribution in [0.2, 0.25) is 0 Å². The van der Waals surface area contributed by atoms with Crippen molar-refractivity contribution in [2.45, 2.75) is 24.2 Å². The van der Waals surface area contributed by atoms with Gasteiger partial charge in [0.1, 0.15) is 18.0 Å². The van der Waals surface area contributed by atoms with E-state index in [2.05, 4.69) is 0 Å². The summed E-state index contributed by atoms with van der Waals surface area (Å²) >= 11 is 0. The fourth-order valence-corrected chi connectivity index (χ4v) is 1.49. The summed E-state index contributed by atoms with van der Waals surface area (Å²) in [6, 6.07) is 0. The Morgan fingerprint density at radius 1 is 1.50 bits per heavy atom. The molecule has 1 aliphatic carbocycles. The van der Waals surface area contributed by atoms with Crippen LogP contribution in [0.4, 0.5) is 0 Å². The van der Waals surface area contributed by atoms with Gasteiger partial charge >= 0.3 is 0 Å². The maximum atomic E-state index is 10.3. The average molecular weight is 176 g/mol. The zero-order valence-corrected chi connectivity index (χ0v) is 6.42. The lowest BCUT2D eigenvalue weighted by atomic mass is 10.0. The SMILES string of the molecule is O=CC1C[C@](O)(CO)[C@@H](O)[C@@H]1O. The van der Waals surface area contributed by atoms with Gasteiger partial charge in [-0.05, 0) is 6.42 Å². The van der Waals surface area contributed by atoms with Crippen LogP contribution in [0.1, 0.15) is 6.42 Å². The molecule has 0 aromatic heterocycles. The third kappa shape index (κ3) is 1.25. The van der Waals surface area contributed by atoms with E-state index in [1.54, 1.807) is 0 Å². The normalized spacial score (nSPS) is 47.8. The standard InChI is InChI=1S/C7H12O5/c8-2-4-1-7(12,3-9)6(11)5(4)10/h2,4-6,9-12H,1,3H2/t4?,5-,6+,7+/m1/s1. The van der Waals surface area contributed by atoms with E-state index in [1.165, 1.54) is 0 Å². The van der Waals surface area contributed by atoms with Gasteiger partial charge in [-0.1, -0.05) is 0 Å².